The summed E-state index contributed by atoms with van der Waals surface area (Å²) >= 11 is 0. The van der Waals surface area contributed by atoms with Crippen LogP contribution < -0.4 is 5.32 Å². The van der Waals surface area contributed by atoms with Crippen LogP contribution in [-0.2, 0) is 4.74 Å². The van der Waals surface area contributed by atoms with Crippen LogP contribution in [0.5, 0.6) is 0 Å². The van der Waals surface area contributed by atoms with Gasteiger partial charge in [0.1, 0.15) is 0 Å². The molecule has 4 heteroatoms. The Bertz CT molecular complexity index is 161. The van der Waals surface area contributed by atoms with Crippen LogP contribution in [-0.4, -0.2) is 62.6 Å². The lowest BCUT2D eigenvalue weighted by atomic mass is 10.2. The summed E-state index contributed by atoms with van der Waals surface area (Å²) in [7, 11) is 1.75. The molecule has 0 aromatic rings. The molecule has 2 N–H and O–H groups in total. The summed E-state index contributed by atoms with van der Waals surface area (Å²) in [6, 6.07) is 0.658. The van der Waals surface area contributed by atoms with Crippen molar-refractivity contribution in [3.8, 4) is 0 Å². The van der Waals surface area contributed by atoms with Crippen molar-refractivity contribution in [2.24, 2.45) is 0 Å². The highest BCUT2D eigenvalue weighted by Crippen LogP contribution is 2.07. The Morgan fingerprint density at radius 2 is 2.25 bits per heavy atom. The maximum atomic E-state index is 8.78. The van der Waals surface area contributed by atoms with E-state index in [0.717, 1.165) is 39.1 Å². The zero-order valence-electron chi connectivity index (χ0n) is 10.5. The summed E-state index contributed by atoms with van der Waals surface area (Å²) in [6.07, 6.45) is 4.58. The minimum absolute atomic E-state index is 0.305. The van der Waals surface area contributed by atoms with Gasteiger partial charge in [0.2, 0.25) is 0 Å². The third-order valence-electron chi connectivity index (χ3n) is 3.14. The zero-order chi connectivity index (χ0) is 11.6. The number of nitrogens with zero attached hydrogens (tertiary/aromatic N) is 1. The predicted molar refractivity (Wildman–Crippen MR) is 65.7 cm³/mol. The molecule has 1 heterocycles. The van der Waals surface area contributed by atoms with E-state index in [0.29, 0.717) is 12.6 Å². The lowest BCUT2D eigenvalue weighted by Gasteiger charge is -2.25. The Morgan fingerprint density at radius 3 is 2.88 bits per heavy atom. The molecule has 1 atom stereocenters. The molecule has 0 aliphatic carbocycles. The summed E-state index contributed by atoms with van der Waals surface area (Å²) in [5.41, 5.74) is 0. The van der Waals surface area contributed by atoms with E-state index in [9.17, 15) is 0 Å². The number of methoxy groups -OCH3 is 1. The van der Waals surface area contributed by atoms with E-state index in [1.807, 2.05) is 0 Å². The molecule has 0 radical (unpaired) electrons. The first-order valence-corrected chi connectivity index (χ1v) is 6.42. The summed E-state index contributed by atoms with van der Waals surface area (Å²) in [5.74, 6) is 0. The van der Waals surface area contributed by atoms with Gasteiger partial charge < -0.3 is 15.2 Å². The molecule has 1 saturated heterocycles. The smallest absolute Gasteiger partial charge is 0.0589 e. The van der Waals surface area contributed by atoms with Crippen molar-refractivity contribution in [2.75, 3.05) is 46.5 Å². The van der Waals surface area contributed by atoms with Gasteiger partial charge in [-0.15, -0.1) is 0 Å². The molecule has 4 nitrogen and oxygen atoms in total. The Hall–Kier alpha value is -0.160. The van der Waals surface area contributed by atoms with Gasteiger partial charge in [-0.2, -0.15) is 0 Å². The van der Waals surface area contributed by atoms with E-state index in [1.165, 1.54) is 19.4 Å². The fourth-order valence-electron chi connectivity index (χ4n) is 2.19. The summed E-state index contributed by atoms with van der Waals surface area (Å²) < 4.78 is 5.13. The van der Waals surface area contributed by atoms with Crippen LogP contribution in [0.15, 0.2) is 0 Å². The van der Waals surface area contributed by atoms with Gasteiger partial charge in [0.15, 0.2) is 0 Å². The molecule has 0 bridgehead atoms. The summed E-state index contributed by atoms with van der Waals surface area (Å²) in [6.45, 7) is 5.46. The molecule has 1 aliphatic rings. The van der Waals surface area contributed by atoms with Crippen LogP contribution in [0, 0.1) is 0 Å². The molecule has 0 aromatic heterocycles. The Morgan fingerprint density at radius 1 is 1.38 bits per heavy atom. The zero-order valence-corrected chi connectivity index (χ0v) is 10.5. The highest BCUT2D eigenvalue weighted by Gasteiger charge is 2.17. The number of rotatable bonds is 9. The third kappa shape index (κ3) is 5.80. The van der Waals surface area contributed by atoms with Crippen LogP contribution >= 0.6 is 0 Å². The van der Waals surface area contributed by atoms with Crippen molar-refractivity contribution in [1.29, 1.82) is 0 Å². The normalized spacial score (nSPS) is 20.8. The van der Waals surface area contributed by atoms with Crippen LogP contribution in [0.25, 0.3) is 0 Å². The number of aliphatic hydroxyl groups is 1. The Balaban J connectivity index is 2.18. The van der Waals surface area contributed by atoms with Gasteiger partial charge in [-0.05, 0) is 38.8 Å². The molecule has 1 unspecified atom stereocenters. The van der Waals surface area contributed by atoms with E-state index in [1.54, 1.807) is 7.11 Å². The predicted octanol–water partition coefficient (Wildman–Crippen LogP) is 0.459. The lowest BCUT2D eigenvalue weighted by molar-refractivity contribution is 0.139. The van der Waals surface area contributed by atoms with Crippen LogP contribution in [0.4, 0.5) is 0 Å². The highest BCUT2D eigenvalue weighted by atomic mass is 16.5. The summed E-state index contributed by atoms with van der Waals surface area (Å²) in [5, 5.41) is 12.3. The number of hydrogen-bond donors (Lipinski definition) is 2. The van der Waals surface area contributed by atoms with E-state index >= 15 is 0 Å². The lowest BCUT2D eigenvalue weighted by Crippen LogP contribution is -2.39. The molecule has 1 fully saturated rings. The molecule has 0 aromatic carbocycles. The largest absolute Gasteiger partial charge is 0.396 e. The molecule has 0 saturated carbocycles. The second-order valence-electron chi connectivity index (χ2n) is 4.52. The molecule has 16 heavy (non-hydrogen) atoms. The number of hydrogen-bond acceptors (Lipinski definition) is 4. The highest BCUT2D eigenvalue weighted by molar-refractivity contribution is 4.77. The number of unbranched alkanes of at least 4 members (excludes halogenated alkanes) is 1. The average Bonchev–Trinajstić information content (AvgIpc) is 2.78. The van der Waals surface area contributed by atoms with Gasteiger partial charge in [0.25, 0.3) is 0 Å². The Labute approximate surface area is 99.0 Å². The second-order valence-corrected chi connectivity index (χ2v) is 4.52. The van der Waals surface area contributed by atoms with E-state index in [2.05, 4.69) is 10.2 Å². The van der Waals surface area contributed by atoms with Gasteiger partial charge in [0, 0.05) is 32.8 Å². The van der Waals surface area contributed by atoms with Crippen molar-refractivity contribution < 1.29 is 9.84 Å². The number of nitrogens with one attached hydrogen (secondary N) is 1. The molecule has 0 amide bonds. The molecule has 1 rings (SSSR count). The molecule has 96 valence electrons. The average molecular weight is 230 g/mol. The van der Waals surface area contributed by atoms with Crippen molar-refractivity contribution >= 4 is 0 Å². The standard InChI is InChI=1S/C12H26N2O2/c1-16-10-8-14(7-2-3-9-15)11-12-5-4-6-13-12/h12-13,15H,2-11H2,1H3. The maximum Gasteiger partial charge on any atom is 0.0589 e. The van der Waals surface area contributed by atoms with Crippen LogP contribution in [0.2, 0.25) is 0 Å². The summed E-state index contributed by atoms with van der Waals surface area (Å²) in [4.78, 5) is 2.45. The monoisotopic (exact) mass is 230 g/mol. The van der Waals surface area contributed by atoms with Crippen molar-refractivity contribution in [3.05, 3.63) is 0 Å². The minimum Gasteiger partial charge on any atom is -0.396 e. The fourth-order valence-corrected chi connectivity index (χ4v) is 2.19. The van der Waals surface area contributed by atoms with Crippen molar-refractivity contribution in [2.45, 2.75) is 31.7 Å². The fraction of sp³-hybridized carbons (Fsp3) is 1.00. The topological polar surface area (TPSA) is 44.7 Å². The van der Waals surface area contributed by atoms with Crippen molar-refractivity contribution in [3.63, 3.8) is 0 Å². The maximum absolute atomic E-state index is 8.78. The first-order valence-electron chi connectivity index (χ1n) is 6.42. The molecular formula is C12H26N2O2. The SMILES string of the molecule is COCCN(CCCCO)CC1CCCN1. The number of ether oxygens (including phenoxy) is 1. The molecule has 1 aliphatic heterocycles. The van der Waals surface area contributed by atoms with Gasteiger partial charge in [-0.25, -0.2) is 0 Å². The van der Waals surface area contributed by atoms with Crippen LogP contribution in [0.1, 0.15) is 25.7 Å². The molecule has 0 spiro atoms. The van der Waals surface area contributed by atoms with E-state index in [4.69, 9.17) is 9.84 Å². The van der Waals surface area contributed by atoms with E-state index in [-0.39, 0.29) is 0 Å². The minimum atomic E-state index is 0.305. The third-order valence-corrected chi connectivity index (χ3v) is 3.14. The van der Waals surface area contributed by atoms with Gasteiger partial charge in [0.05, 0.1) is 6.61 Å². The van der Waals surface area contributed by atoms with E-state index < -0.39 is 0 Å². The van der Waals surface area contributed by atoms with Gasteiger partial charge in [-0.1, -0.05) is 0 Å². The first kappa shape index (κ1) is 13.9. The number of aliphatic hydroxyl groups excluding tert-OH is 1. The second kappa shape index (κ2) is 8.93. The Kier molecular flexibility index (Phi) is 7.76. The van der Waals surface area contributed by atoms with Crippen molar-refractivity contribution in [1.82, 2.24) is 10.2 Å². The molecular weight excluding hydrogens is 204 g/mol. The first-order chi connectivity index (χ1) is 7.86. The van der Waals surface area contributed by atoms with Gasteiger partial charge in [-0.3, -0.25) is 4.90 Å². The van der Waals surface area contributed by atoms with Gasteiger partial charge >= 0.3 is 0 Å². The van der Waals surface area contributed by atoms with Crippen LogP contribution in [0.3, 0.4) is 0 Å². The quantitative estimate of drug-likeness (QED) is 0.565.